The van der Waals surface area contributed by atoms with E-state index in [2.05, 4.69) is 9.97 Å². The van der Waals surface area contributed by atoms with Gasteiger partial charge < -0.3 is 10.1 Å². The zero-order valence-electron chi connectivity index (χ0n) is 8.48. The van der Waals surface area contributed by atoms with Crippen molar-refractivity contribution in [2.45, 2.75) is 19.0 Å². The van der Waals surface area contributed by atoms with Gasteiger partial charge in [0.25, 0.3) is 5.56 Å². The van der Waals surface area contributed by atoms with Gasteiger partial charge in [-0.2, -0.15) is 0 Å². The summed E-state index contributed by atoms with van der Waals surface area (Å²) in [6, 6.07) is 1.39. The van der Waals surface area contributed by atoms with Gasteiger partial charge in [-0.05, 0) is 6.92 Å². The number of aliphatic carboxylic acids is 1. The van der Waals surface area contributed by atoms with Gasteiger partial charge in [0, 0.05) is 17.5 Å². The molecule has 1 heterocycles. The summed E-state index contributed by atoms with van der Waals surface area (Å²) < 4.78 is 0. The van der Waals surface area contributed by atoms with Crippen LogP contribution in [0.25, 0.3) is 0 Å². The number of aromatic amines is 1. The lowest BCUT2D eigenvalue weighted by Gasteiger charge is -2.04. The maximum Gasteiger partial charge on any atom is 0.307 e. The number of thioether (sulfide) groups is 1. The van der Waals surface area contributed by atoms with Crippen LogP contribution < -0.4 is 5.56 Å². The third-order valence-corrected chi connectivity index (χ3v) is 2.87. The minimum absolute atomic E-state index is 0.215. The van der Waals surface area contributed by atoms with Gasteiger partial charge in [-0.15, -0.1) is 0 Å². The number of carboxylic acid groups (broad SMARTS) is 1. The van der Waals surface area contributed by atoms with E-state index in [0.717, 1.165) is 0 Å². The quantitative estimate of drug-likeness (QED) is 0.590. The summed E-state index contributed by atoms with van der Waals surface area (Å²) in [5, 5.41) is 9.13. The third-order valence-electron chi connectivity index (χ3n) is 1.74. The Kier molecular flexibility index (Phi) is 3.90. The van der Waals surface area contributed by atoms with Crippen LogP contribution >= 0.6 is 11.8 Å². The van der Waals surface area contributed by atoms with Crippen LogP contribution in [0.15, 0.2) is 16.0 Å². The molecule has 0 aliphatic rings. The molecule has 0 aliphatic carbocycles. The molecule has 5 nitrogen and oxygen atoms in total. The lowest BCUT2D eigenvalue weighted by atomic mass is 10.2. The van der Waals surface area contributed by atoms with Gasteiger partial charge in [0.1, 0.15) is 0 Å². The highest BCUT2D eigenvalue weighted by Crippen LogP contribution is 2.15. The van der Waals surface area contributed by atoms with Crippen LogP contribution in [-0.4, -0.2) is 26.8 Å². The van der Waals surface area contributed by atoms with Crippen LogP contribution in [-0.2, 0) is 4.79 Å². The Hall–Kier alpha value is -1.30. The van der Waals surface area contributed by atoms with E-state index in [9.17, 15) is 9.59 Å². The predicted molar refractivity (Wildman–Crippen MR) is 57.1 cm³/mol. The number of nitrogens with zero attached hydrogens (tertiary/aromatic N) is 1. The van der Waals surface area contributed by atoms with Crippen molar-refractivity contribution in [1.82, 2.24) is 9.97 Å². The fourth-order valence-electron chi connectivity index (χ4n) is 0.895. The Balaban J connectivity index is 2.65. The monoisotopic (exact) mass is 228 g/mol. The normalized spacial score (nSPS) is 12.4. The van der Waals surface area contributed by atoms with E-state index in [1.807, 2.05) is 0 Å². The second-order valence-electron chi connectivity index (χ2n) is 3.24. The molecule has 0 spiro atoms. The molecule has 0 aliphatic heterocycles. The van der Waals surface area contributed by atoms with Crippen LogP contribution in [0.1, 0.15) is 12.6 Å². The molecule has 0 amide bonds. The standard InChI is InChI=1S/C9H12N2O3S/c1-5(8(13)14)4-15-9-10-6(2)3-7(12)11-9/h3,5H,4H2,1-2H3,(H,13,14)(H,10,11,12). The van der Waals surface area contributed by atoms with Crippen molar-refractivity contribution >= 4 is 17.7 Å². The van der Waals surface area contributed by atoms with Gasteiger partial charge in [-0.1, -0.05) is 18.7 Å². The van der Waals surface area contributed by atoms with Gasteiger partial charge in [-0.25, -0.2) is 4.98 Å². The van der Waals surface area contributed by atoms with Crippen LogP contribution in [0, 0.1) is 12.8 Å². The molecule has 0 aromatic carbocycles. The minimum Gasteiger partial charge on any atom is -0.481 e. The third kappa shape index (κ3) is 3.75. The lowest BCUT2D eigenvalue weighted by Crippen LogP contribution is -2.13. The first kappa shape index (κ1) is 11.8. The summed E-state index contributed by atoms with van der Waals surface area (Å²) in [5.41, 5.74) is 0.414. The Morgan fingerprint density at radius 2 is 2.40 bits per heavy atom. The summed E-state index contributed by atoms with van der Waals surface area (Å²) in [7, 11) is 0. The Morgan fingerprint density at radius 1 is 1.73 bits per heavy atom. The molecular formula is C9H12N2O3S. The fraction of sp³-hybridized carbons (Fsp3) is 0.444. The molecule has 0 bridgehead atoms. The first-order valence-corrected chi connectivity index (χ1v) is 5.41. The van der Waals surface area contributed by atoms with Crippen molar-refractivity contribution in [3.63, 3.8) is 0 Å². The molecule has 82 valence electrons. The maximum atomic E-state index is 11.1. The van der Waals surface area contributed by atoms with E-state index in [4.69, 9.17) is 5.11 Å². The molecule has 1 unspecified atom stereocenters. The van der Waals surface area contributed by atoms with Gasteiger partial charge in [0.15, 0.2) is 5.16 Å². The topological polar surface area (TPSA) is 83.0 Å². The van der Waals surface area contributed by atoms with Crippen LogP contribution in [0.3, 0.4) is 0 Å². The van der Waals surface area contributed by atoms with Gasteiger partial charge in [0.2, 0.25) is 0 Å². The number of carbonyl (C=O) groups is 1. The van der Waals surface area contributed by atoms with Gasteiger partial charge in [0.05, 0.1) is 5.92 Å². The van der Waals surface area contributed by atoms with Gasteiger partial charge in [-0.3, -0.25) is 9.59 Å². The summed E-state index contributed by atoms with van der Waals surface area (Å²) >= 11 is 1.24. The summed E-state index contributed by atoms with van der Waals surface area (Å²) in [6.45, 7) is 3.34. The first-order chi connectivity index (χ1) is 6.99. The molecule has 1 aromatic heterocycles. The minimum atomic E-state index is -0.850. The Morgan fingerprint density at radius 3 is 2.93 bits per heavy atom. The Labute approximate surface area is 90.9 Å². The van der Waals surface area contributed by atoms with Crippen molar-refractivity contribution in [1.29, 1.82) is 0 Å². The maximum absolute atomic E-state index is 11.1. The highest BCUT2D eigenvalue weighted by Gasteiger charge is 2.11. The number of aryl methyl sites for hydroxylation is 1. The zero-order valence-corrected chi connectivity index (χ0v) is 9.30. The predicted octanol–water partition coefficient (Wildman–Crippen LogP) is 0.891. The number of hydrogen-bond donors (Lipinski definition) is 2. The molecule has 1 rings (SSSR count). The van der Waals surface area contributed by atoms with Crippen LogP contribution in [0.2, 0.25) is 0 Å². The largest absolute Gasteiger partial charge is 0.481 e. The number of rotatable bonds is 4. The van der Waals surface area contributed by atoms with Crippen molar-refractivity contribution in [2.24, 2.45) is 5.92 Å². The second kappa shape index (κ2) is 4.97. The zero-order chi connectivity index (χ0) is 11.4. The smallest absolute Gasteiger partial charge is 0.307 e. The number of carboxylic acids is 1. The highest BCUT2D eigenvalue weighted by atomic mass is 32.2. The van der Waals surface area contributed by atoms with E-state index < -0.39 is 11.9 Å². The van der Waals surface area contributed by atoms with E-state index in [1.165, 1.54) is 17.8 Å². The molecule has 0 saturated heterocycles. The average molecular weight is 228 g/mol. The van der Waals surface area contributed by atoms with Crippen molar-refractivity contribution in [2.75, 3.05) is 5.75 Å². The molecule has 6 heteroatoms. The molecule has 1 aromatic rings. The highest BCUT2D eigenvalue weighted by molar-refractivity contribution is 7.99. The molecule has 0 radical (unpaired) electrons. The van der Waals surface area contributed by atoms with Crippen LogP contribution in [0.5, 0.6) is 0 Å². The average Bonchev–Trinajstić information content (AvgIpc) is 2.12. The van der Waals surface area contributed by atoms with E-state index >= 15 is 0 Å². The first-order valence-electron chi connectivity index (χ1n) is 4.42. The van der Waals surface area contributed by atoms with Crippen molar-refractivity contribution in [3.8, 4) is 0 Å². The summed E-state index contributed by atoms with van der Waals surface area (Å²) in [5.74, 6) is -0.917. The second-order valence-corrected chi connectivity index (χ2v) is 4.25. The van der Waals surface area contributed by atoms with E-state index in [0.29, 0.717) is 16.6 Å². The van der Waals surface area contributed by atoms with E-state index in [-0.39, 0.29) is 5.56 Å². The number of H-pyrrole nitrogens is 1. The molecule has 2 N–H and O–H groups in total. The van der Waals surface area contributed by atoms with E-state index in [1.54, 1.807) is 13.8 Å². The van der Waals surface area contributed by atoms with Crippen molar-refractivity contribution in [3.05, 3.63) is 22.1 Å². The van der Waals surface area contributed by atoms with Crippen molar-refractivity contribution < 1.29 is 9.90 Å². The molecule has 0 saturated carbocycles. The molecule has 0 fully saturated rings. The number of hydrogen-bond acceptors (Lipinski definition) is 4. The molecular weight excluding hydrogens is 216 g/mol. The SMILES string of the molecule is Cc1cc(=O)[nH]c(SCC(C)C(=O)O)n1. The van der Waals surface area contributed by atoms with Crippen LogP contribution in [0.4, 0.5) is 0 Å². The molecule has 15 heavy (non-hydrogen) atoms. The lowest BCUT2D eigenvalue weighted by molar-refractivity contribution is -0.140. The number of nitrogens with one attached hydrogen (secondary N) is 1. The fourth-order valence-corrected chi connectivity index (χ4v) is 1.83. The summed E-state index contributed by atoms with van der Waals surface area (Å²) in [4.78, 5) is 28.2. The summed E-state index contributed by atoms with van der Waals surface area (Å²) in [6.07, 6.45) is 0. The Bertz CT molecular complexity index is 416. The molecule has 1 atom stereocenters. The number of aromatic nitrogens is 2. The van der Waals surface area contributed by atoms with Gasteiger partial charge >= 0.3 is 5.97 Å².